The fourth-order valence-corrected chi connectivity index (χ4v) is 1.38. The number of para-hydroxylation sites is 2. The summed E-state index contributed by atoms with van der Waals surface area (Å²) in [6.45, 7) is 4.58. The van der Waals surface area contributed by atoms with Gasteiger partial charge in [-0.3, -0.25) is 4.79 Å². The van der Waals surface area contributed by atoms with E-state index < -0.39 is 0 Å². The molecule has 102 valence electrons. The van der Waals surface area contributed by atoms with Crippen molar-refractivity contribution in [2.24, 2.45) is 0 Å². The summed E-state index contributed by atoms with van der Waals surface area (Å²) < 4.78 is 5.62. The molecule has 1 rings (SSSR count). The van der Waals surface area contributed by atoms with E-state index in [1.54, 1.807) is 0 Å². The van der Waals surface area contributed by atoms with Crippen LogP contribution in [-0.4, -0.2) is 25.6 Å². The molecule has 1 aromatic carbocycles. The summed E-state index contributed by atoms with van der Waals surface area (Å²) >= 11 is 0. The number of ether oxygens (including phenoxy) is 1. The summed E-state index contributed by atoms with van der Waals surface area (Å²) in [7, 11) is 1.82. The van der Waals surface area contributed by atoms with Crippen LogP contribution in [0.4, 0.5) is 5.69 Å². The minimum Gasteiger partial charge on any atom is -0.489 e. The molecule has 0 atom stereocenters. The van der Waals surface area contributed by atoms with Crippen molar-refractivity contribution in [3.05, 3.63) is 24.3 Å². The second kappa shape index (κ2) is 8.78. The van der Waals surface area contributed by atoms with Crippen molar-refractivity contribution in [2.75, 3.05) is 18.9 Å². The van der Waals surface area contributed by atoms with E-state index in [0.29, 0.717) is 18.7 Å². The molecule has 2 N–H and O–H groups in total. The van der Waals surface area contributed by atoms with E-state index in [9.17, 15) is 4.79 Å². The standard InChI is InChI=1S/C13H20N2O2.ClH/c1-10(2)17-12-7-5-4-6-11(12)15-13(16)8-9-14-3;/h4-7,10,14H,8-9H2,1-3H3,(H,15,16);1H. The Balaban J connectivity index is 0.00000289. The van der Waals surface area contributed by atoms with Crippen LogP contribution in [0.15, 0.2) is 24.3 Å². The first-order valence-electron chi connectivity index (χ1n) is 5.83. The molecule has 0 aromatic heterocycles. The van der Waals surface area contributed by atoms with Gasteiger partial charge in [0.25, 0.3) is 0 Å². The van der Waals surface area contributed by atoms with E-state index in [2.05, 4.69) is 10.6 Å². The second-order valence-corrected chi connectivity index (χ2v) is 4.06. The number of halogens is 1. The third kappa shape index (κ3) is 5.89. The predicted octanol–water partition coefficient (Wildman–Crippen LogP) is 2.44. The molecule has 4 nitrogen and oxygen atoms in total. The maximum Gasteiger partial charge on any atom is 0.225 e. The van der Waals surface area contributed by atoms with Gasteiger partial charge in [0.15, 0.2) is 0 Å². The van der Waals surface area contributed by atoms with Crippen LogP contribution in [0.3, 0.4) is 0 Å². The lowest BCUT2D eigenvalue weighted by molar-refractivity contribution is -0.116. The van der Waals surface area contributed by atoms with Crippen LogP contribution in [0, 0.1) is 0 Å². The van der Waals surface area contributed by atoms with Crippen molar-refractivity contribution >= 4 is 24.0 Å². The molecule has 0 unspecified atom stereocenters. The number of carbonyl (C=O) groups excluding carboxylic acids is 1. The van der Waals surface area contributed by atoms with Crippen LogP contribution >= 0.6 is 12.4 Å². The van der Waals surface area contributed by atoms with Crippen molar-refractivity contribution in [3.8, 4) is 5.75 Å². The third-order valence-electron chi connectivity index (χ3n) is 2.13. The number of rotatable bonds is 6. The van der Waals surface area contributed by atoms with Gasteiger partial charge in [-0.15, -0.1) is 12.4 Å². The highest BCUT2D eigenvalue weighted by Gasteiger charge is 2.07. The van der Waals surface area contributed by atoms with Gasteiger partial charge in [-0.25, -0.2) is 0 Å². The van der Waals surface area contributed by atoms with E-state index in [-0.39, 0.29) is 24.4 Å². The van der Waals surface area contributed by atoms with E-state index in [1.165, 1.54) is 0 Å². The highest BCUT2D eigenvalue weighted by molar-refractivity contribution is 5.92. The summed E-state index contributed by atoms with van der Waals surface area (Å²) in [4.78, 5) is 11.6. The smallest absolute Gasteiger partial charge is 0.225 e. The Morgan fingerprint density at radius 2 is 2.00 bits per heavy atom. The molecular weight excluding hydrogens is 252 g/mol. The monoisotopic (exact) mass is 272 g/mol. The number of nitrogens with one attached hydrogen (secondary N) is 2. The Morgan fingerprint density at radius 1 is 1.33 bits per heavy atom. The fraction of sp³-hybridized carbons (Fsp3) is 0.462. The first-order valence-corrected chi connectivity index (χ1v) is 5.83. The van der Waals surface area contributed by atoms with Gasteiger partial charge in [0.2, 0.25) is 5.91 Å². The van der Waals surface area contributed by atoms with Gasteiger partial charge in [-0.05, 0) is 33.0 Å². The molecule has 0 saturated heterocycles. The van der Waals surface area contributed by atoms with Crippen LogP contribution in [0.1, 0.15) is 20.3 Å². The summed E-state index contributed by atoms with van der Waals surface area (Å²) in [5, 5.41) is 5.79. The highest BCUT2D eigenvalue weighted by atomic mass is 35.5. The molecule has 18 heavy (non-hydrogen) atoms. The molecule has 0 spiro atoms. The van der Waals surface area contributed by atoms with Gasteiger partial charge < -0.3 is 15.4 Å². The Labute approximate surface area is 115 Å². The molecular formula is C13H21ClN2O2. The average Bonchev–Trinajstić information content (AvgIpc) is 2.28. The number of anilines is 1. The molecule has 0 fully saturated rings. The van der Waals surface area contributed by atoms with Crippen LogP contribution in [-0.2, 0) is 4.79 Å². The van der Waals surface area contributed by atoms with E-state index in [1.807, 2.05) is 45.2 Å². The fourth-order valence-electron chi connectivity index (χ4n) is 1.38. The lowest BCUT2D eigenvalue weighted by Crippen LogP contribution is -2.19. The van der Waals surface area contributed by atoms with Crippen molar-refractivity contribution in [3.63, 3.8) is 0 Å². The number of carbonyl (C=O) groups is 1. The van der Waals surface area contributed by atoms with Crippen LogP contribution in [0.2, 0.25) is 0 Å². The Kier molecular flexibility index (Phi) is 8.16. The van der Waals surface area contributed by atoms with E-state index in [0.717, 1.165) is 5.69 Å². The highest BCUT2D eigenvalue weighted by Crippen LogP contribution is 2.24. The molecule has 0 radical (unpaired) electrons. The van der Waals surface area contributed by atoms with Gasteiger partial charge >= 0.3 is 0 Å². The van der Waals surface area contributed by atoms with E-state index in [4.69, 9.17) is 4.74 Å². The van der Waals surface area contributed by atoms with Crippen LogP contribution in [0.25, 0.3) is 0 Å². The van der Waals surface area contributed by atoms with Crippen LogP contribution in [0.5, 0.6) is 5.75 Å². The van der Waals surface area contributed by atoms with Gasteiger partial charge in [-0.2, -0.15) is 0 Å². The molecule has 5 heteroatoms. The Hall–Kier alpha value is -1.26. The zero-order chi connectivity index (χ0) is 12.7. The predicted molar refractivity (Wildman–Crippen MR) is 76.6 cm³/mol. The molecule has 0 aliphatic rings. The first kappa shape index (κ1) is 16.7. The van der Waals surface area contributed by atoms with Crippen LogP contribution < -0.4 is 15.4 Å². The van der Waals surface area contributed by atoms with E-state index >= 15 is 0 Å². The van der Waals surface area contributed by atoms with Crippen molar-refractivity contribution in [1.82, 2.24) is 5.32 Å². The zero-order valence-corrected chi connectivity index (χ0v) is 11.8. The lowest BCUT2D eigenvalue weighted by atomic mass is 10.2. The Bertz CT molecular complexity index is 370. The molecule has 0 saturated carbocycles. The number of hydrogen-bond acceptors (Lipinski definition) is 3. The summed E-state index contributed by atoms with van der Waals surface area (Å²) in [5.74, 6) is 0.694. The normalized spacial score (nSPS) is 9.78. The molecule has 1 aromatic rings. The molecule has 0 bridgehead atoms. The molecule has 0 aliphatic heterocycles. The van der Waals surface area contributed by atoms with Crippen molar-refractivity contribution in [2.45, 2.75) is 26.4 Å². The molecule has 0 heterocycles. The summed E-state index contributed by atoms with van der Waals surface area (Å²) in [5.41, 5.74) is 0.724. The summed E-state index contributed by atoms with van der Waals surface area (Å²) in [6, 6.07) is 7.46. The number of benzene rings is 1. The maximum atomic E-state index is 11.6. The largest absolute Gasteiger partial charge is 0.489 e. The van der Waals surface area contributed by atoms with Crippen molar-refractivity contribution in [1.29, 1.82) is 0 Å². The Morgan fingerprint density at radius 3 is 2.61 bits per heavy atom. The topological polar surface area (TPSA) is 50.4 Å². The van der Waals surface area contributed by atoms with Gasteiger partial charge in [-0.1, -0.05) is 12.1 Å². The van der Waals surface area contributed by atoms with Crippen molar-refractivity contribution < 1.29 is 9.53 Å². The summed E-state index contributed by atoms with van der Waals surface area (Å²) in [6.07, 6.45) is 0.539. The van der Waals surface area contributed by atoms with Gasteiger partial charge in [0, 0.05) is 13.0 Å². The average molecular weight is 273 g/mol. The quantitative estimate of drug-likeness (QED) is 0.836. The zero-order valence-electron chi connectivity index (χ0n) is 11.0. The lowest BCUT2D eigenvalue weighted by Gasteiger charge is -2.14. The third-order valence-corrected chi connectivity index (χ3v) is 2.13. The molecule has 1 amide bonds. The SMILES string of the molecule is CNCCC(=O)Nc1ccccc1OC(C)C.Cl. The van der Waals surface area contributed by atoms with Gasteiger partial charge in [0.1, 0.15) is 5.75 Å². The second-order valence-electron chi connectivity index (χ2n) is 4.06. The minimum atomic E-state index is -0.0147. The number of hydrogen-bond donors (Lipinski definition) is 2. The minimum absolute atomic E-state index is 0. The van der Waals surface area contributed by atoms with Gasteiger partial charge in [0.05, 0.1) is 11.8 Å². The number of amides is 1. The molecule has 0 aliphatic carbocycles. The maximum absolute atomic E-state index is 11.6. The first-order chi connectivity index (χ1) is 8.13.